The van der Waals surface area contributed by atoms with Crippen molar-refractivity contribution in [3.8, 4) is 0 Å². The van der Waals surface area contributed by atoms with Gasteiger partial charge >= 0.3 is 17.9 Å². The van der Waals surface area contributed by atoms with Crippen LogP contribution in [-0.2, 0) is 28.6 Å². The molecule has 6 heteroatoms. The van der Waals surface area contributed by atoms with Crippen LogP contribution in [0.25, 0.3) is 0 Å². The largest absolute Gasteiger partial charge is 0.462 e. The van der Waals surface area contributed by atoms with E-state index in [9.17, 15) is 14.4 Å². The summed E-state index contributed by atoms with van der Waals surface area (Å²) in [4.78, 5) is 37.7. The van der Waals surface area contributed by atoms with Crippen molar-refractivity contribution >= 4 is 17.9 Å². The Kier molecular flexibility index (Phi) is 42.0. The SMILES string of the molecule is CCC/C=C\C/C=C\CCCCCCCC(=O)OC(COC(=O)CCCCCCC/C=C\C/C=C\CCCCC)COC(=O)CCCCCCCCCCC. The van der Waals surface area contributed by atoms with E-state index < -0.39 is 6.10 Å². The molecule has 0 rings (SSSR count). The summed E-state index contributed by atoms with van der Waals surface area (Å²) < 4.78 is 16.7. The Hall–Kier alpha value is -2.63. The average molecular weight is 771 g/mol. The van der Waals surface area contributed by atoms with E-state index in [0.29, 0.717) is 19.3 Å². The number of carbonyl (C=O) groups excluding carboxylic acids is 3. The quantitative estimate of drug-likeness (QED) is 0.0267. The Balaban J connectivity index is 4.39. The van der Waals surface area contributed by atoms with Crippen LogP contribution in [0.3, 0.4) is 0 Å². The van der Waals surface area contributed by atoms with Gasteiger partial charge in [-0.05, 0) is 77.0 Å². The zero-order valence-corrected chi connectivity index (χ0v) is 36.2. The Bertz CT molecular complexity index is 980. The van der Waals surface area contributed by atoms with Crippen molar-refractivity contribution in [2.45, 2.75) is 232 Å². The first-order chi connectivity index (χ1) is 27.0. The predicted octanol–water partition coefficient (Wildman–Crippen LogP) is 14.8. The van der Waals surface area contributed by atoms with Crippen molar-refractivity contribution < 1.29 is 28.6 Å². The van der Waals surface area contributed by atoms with Crippen molar-refractivity contribution in [2.24, 2.45) is 0 Å². The van der Waals surface area contributed by atoms with Gasteiger partial charge in [-0.1, -0.05) is 179 Å². The van der Waals surface area contributed by atoms with Gasteiger partial charge in [-0.2, -0.15) is 0 Å². The minimum absolute atomic E-state index is 0.0825. The maximum atomic E-state index is 12.7. The van der Waals surface area contributed by atoms with Crippen LogP contribution in [0, 0.1) is 0 Å². The molecule has 0 aliphatic carbocycles. The van der Waals surface area contributed by atoms with Gasteiger partial charge in [0, 0.05) is 19.3 Å². The van der Waals surface area contributed by atoms with Gasteiger partial charge in [0.1, 0.15) is 13.2 Å². The highest BCUT2D eigenvalue weighted by Gasteiger charge is 2.19. The van der Waals surface area contributed by atoms with E-state index in [4.69, 9.17) is 14.2 Å². The molecule has 0 aromatic rings. The van der Waals surface area contributed by atoms with E-state index >= 15 is 0 Å². The Morgan fingerprint density at radius 1 is 0.364 bits per heavy atom. The van der Waals surface area contributed by atoms with Crippen LogP contribution in [0.1, 0.15) is 226 Å². The molecular formula is C49H86O6. The molecule has 0 heterocycles. The second-order valence-corrected chi connectivity index (χ2v) is 15.3. The van der Waals surface area contributed by atoms with Crippen LogP contribution in [0.4, 0.5) is 0 Å². The number of carbonyl (C=O) groups is 3. The molecule has 0 aliphatic heterocycles. The first-order valence-electron chi connectivity index (χ1n) is 23.1. The zero-order valence-electron chi connectivity index (χ0n) is 36.2. The fourth-order valence-electron chi connectivity index (χ4n) is 6.27. The molecule has 0 N–H and O–H groups in total. The number of allylic oxidation sites excluding steroid dienone is 8. The van der Waals surface area contributed by atoms with Gasteiger partial charge < -0.3 is 14.2 Å². The lowest BCUT2D eigenvalue weighted by atomic mass is 10.1. The fourth-order valence-corrected chi connectivity index (χ4v) is 6.27. The van der Waals surface area contributed by atoms with Gasteiger partial charge in [0.15, 0.2) is 6.10 Å². The molecule has 0 saturated carbocycles. The van der Waals surface area contributed by atoms with Crippen LogP contribution in [-0.4, -0.2) is 37.2 Å². The topological polar surface area (TPSA) is 78.9 Å². The Labute approximate surface area is 339 Å². The second kappa shape index (κ2) is 44.1. The normalized spacial score (nSPS) is 12.4. The summed E-state index contributed by atoms with van der Waals surface area (Å²) in [6.07, 6.45) is 50.9. The van der Waals surface area contributed by atoms with Crippen LogP contribution < -0.4 is 0 Å². The van der Waals surface area contributed by atoms with Crippen LogP contribution in [0.2, 0.25) is 0 Å². The highest BCUT2D eigenvalue weighted by atomic mass is 16.6. The molecule has 0 fully saturated rings. The number of unbranched alkanes of at least 4 members (excludes halogenated alkanes) is 22. The maximum Gasteiger partial charge on any atom is 0.306 e. The summed E-state index contributed by atoms with van der Waals surface area (Å²) in [5.74, 6) is -0.914. The average Bonchev–Trinajstić information content (AvgIpc) is 3.18. The molecule has 1 atom stereocenters. The summed E-state index contributed by atoms with van der Waals surface area (Å²) in [7, 11) is 0. The van der Waals surface area contributed by atoms with E-state index in [0.717, 1.165) is 109 Å². The summed E-state index contributed by atoms with van der Waals surface area (Å²) >= 11 is 0. The minimum Gasteiger partial charge on any atom is -0.462 e. The van der Waals surface area contributed by atoms with Gasteiger partial charge in [-0.15, -0.1) is 0 Å². The van der Waals surface area contributed by atoms with E-state index in [1.54, 1.807) is 0 Å². The second-order valence-electron chi connectivity index (χ2n) is 15.3. The zero-order chi connectivity index (χ0) is 40.1. The van der Waals surface area contributed by atoms with Crippen molar-refractivity contribution in [3.63, 3.8) is 0 Å². The Morgan fingerprint density at radius 2 is 0.691 bits per heavy atom. The summed E-state index contributed by atoms with van der Waals surface area (Å²) in [5, 5.41) is 0. The number of ether oxygens (including phenoxy) is 3. The molecule has 1 unspecified atom stereocenters. The first kappa shape index (κ1) is 52.4. The third-order valence-electron chi connectivity index (χ3n) is 9.79. The van der Waals surface area contributed by atoms with E-state index in [2.05, 4.69) is 69.4 Å². The molecular weight excluding hydrogens is 685 g/mol. The summed E-state index contributed by atoms with van der Waals surface area (Å²) in [6.45, 7) is 6.49. The van der Waals surface area contributed by atoms with Gasteiger partial charge in [-0.25, -0.2) is 0 Å². The molecule has 0 bridgehead atoms. The van der Waals surface area contributed by atoms with E-state index in [1.165, 1.54) is 77.0 Å². The molecule has 0 spiro atoms. The fraction of sp³-hybridized carbons (Fsp3) is 0.776. The number of esters is 3. The van der Waals surface area contributed by atoms with Crippen LogP contribution >= 0.6 is 0 Å². The molecule has 0 aromatic heterocycles. The van der Waals surface area contributed by atoms with Crippen LogP contribution in [0.5, 0.6) is 0 Å². The molecule has 318 valence electrons. The lowest BCUT2D eigenvalue weighted by Gasteiger charge is -2.18. The third kappa shape index (κ3) is 42.4. The lowest BCUT2D eigenvalue weighted by molar-refractivity contribution is -0.167. The summed E-state index contributed by atoms with van der Waals surface area (Å²) in [5.41, 5.74) is 0. The van der Waals surface area contributed by atoms with Gasteiger partial charge in [-0.3, -0.25) is 14.4 Å². The molecule has 0 radical (unpaired) electrons. The molecule has 0 saturated heterocycles. The molecule has 0 amide bonds. The standard InChI is InChI=1S/C49H86O6/c1-4-7-10-13-16-19-21-23-24-26-27-30-33-36-39-42-48(51)54-45-46(44-53-47(50)41-38-35-32-29-18-15-12-9-6-3)55-49(52)43-40-37-34-31-28-25-22-20-17-14-11-8-5-2/h11,14,16,19-20,22-24,46H,4-10,12-13,15,17-18,21,25-45H2,1-3H3/b14-11-,19-16-,22-20-,24-23-. The molecule has 55 heavy (non-hydrogen) atoms. The number of hydrogen-bond donors (Lipinski definition) is 0. The number of hydrogen-bond acceptors (Lipinski definition) is 6. The van der Waals surface area contributed by atoms with Crippen LogP contribution in [0.15, 0.2) is 48.6 Å². The highest BCUT2D eigenvalue weighted by molar-refractivity contribution is 5.71. The maximum absolute atomic E-state index is 12.7. The highest BCUT2D eigenvalue weighted by Crippen LogP contribution is 2.13. The van der Waals surface area contributed by atoms with Gasteiger partial charge in [0.05, 0.1) is 0 Å². The van der Waals surface area contributed by atoms with Gasteiger partial charge in [0.2, 0.25) is 0 Å². The smallest absolute Gasteiger partial charge is 0.306 e. The van der Waals surface area contributed by atoms with Gasteiger partial charge in [0.25, 0.3) is 0 Å². The van der Waals surface area contributed by atoms with Crippen molar-refractivity contribution in [1.82, 2.24) is 0 Å². The molecule has 6 nitrogen and oxygen atoms in total. The van der Waals surface area contributed by atoms with Crippen molar-refractivity contribution in [1.29, 1.82) is 0 Å². The Morgan fingerprint density at radius 3 is 1.11 bits per heavy atom. The number of rotatable bonds is 41. The molecule has 0 aliphatic rings. The van der Waals surface area contributed by atoms with E-state index in [-0.39, 0.29) is 31.1 Å². The van der Waals surface area contributed by atoms with Crippen molar-refractivity contribution in [2.75, 3.05) is 13.2 Å². The monoisotopic (exact) mass is 771 g/mol. The first-order valence-corrected chi connectivity index (χ1v) is 23.1. The van der Waals surface area contributed by atoms with Crippen molar-refractivity contribution in [3.05, 3.63) is 48.6 Å². The lowest BCUT2D eigenvalue weighted by Crippen LogP contribution is -2.30. The third-order valence-corrected chi connectivity index (χ3v) is 9.79. The minimum atomic E-state index is -0.781. The molecule has 0 aromatic carbocycles. The summed E-state index contributed by atoms with van der Waals surface area (Å²) in [6, 6.07) is 0. The van der Waals surface area contributed by atoms with E-state index in [1.807, 2.05) is 0 Å². The predicted molar refractivity (Wildman–Crippen MR) is 233 cm³/mol.